The number of para-hydroxylation sites is 1. The molecule has 2 fully saturated rings. The van der Waals surface area contributed by atoms with Crippen molar-refractivity contribution >= 4 is 28.6 Å². The minimum absolute atomic E-state index is 0.00981. The smallest absolute Gasteiger partial charge is 0.290 e. The predicted molar refractivity (Wildman–Crippen MR) is 106 cm³/mol. The number of benzene rings is 1. The molecule has 0 bridgehead atoms. The number of hydrogen-bond acceptors (Lipinski definition) is 4. The Bertz CT molecular complexity index is 766. The summed E-state index contributed by atoms with van der Waals surface area (Å²) >= 11 is 1.99. The molecule has 4 rings (SSSR count). The third-order valence-corrected chi connectivity index (χ3v) is 6.83. The van der Waals surface area contributed by atoms with Gasteiger partial charge in [0.2, 0.25) is 0 Å². The lowest BCUT2D eigenvalue weighted by Gasteiger charge is -2.30. The van der Waals surface area contributed by atoms with E-state index in [1.807, 2.05) is 41.8 Å². The van der Waals surface area contributed by atoms with Gasteiger partial charge < -0.3 is 14.1 Å². The molecule has 1 saturated carbocycles. The van der Waals surface area contributed by atoms with Crippen LogP contribution >= 0.6 is 11.8 Å². The summed E-state index contributed by atoms with van der Waals surface area (Å²) in [6, 6.07) is 8.03. The maximum Gasteiger partial charge on any atom is 0.290 e. The number of nitrogens with zero attached hydrogens (tertiary/aromatic N) is 1. The van der Waals surface area contributed by atoms with Gasteiger partial charge in [0.1, 0.15) is 5.58 Å². The molecule has 1 aromatic carbocycles. The third-order valence-electron chi connectivity index (χ3n) is 5.44. The predicted octanol–water partition coefficient (Wildman–Crippen LogP) is 4.86. The Morgan fingerprint density at radius 2 is 2.04 bits per heavy atom. The number of carbonyl (C=O) groups excluding carboxylic acids is 1. The Morgan fingerprint density at radius 1 is 1.23 bits per heavy atom. The van der Waals surface area contributed by atoms with Crippen molar-refractivity contribution in [1.82, 2.24) is 4.90 Å². The second kappa shape index (κ2) is 8.05. The van der Waals surface area contributed by atoms with Crippen LogP contribution < -0.4 is 0 Å². The number of hydrogen-bond donors (Lipinski definition) is 0. The van der Waals surface area contributed by atoms with E-state index < -0.39 is 0 Å². The third kappa shape index (κ3) is 3.79. The normalized spacial score (nSPS) is 22.0. The molecule has 1 saturated heterocycles. The van der Waals surface area contributed by atoms with Gasteiger partial charge in [-0.1, -0.05) is 37.5 Å². The molecule has 1 aromatic heterocycles. The Morgan fingerprint density at radius 3 is 2.85 bits per heavy atom. The molecule has 1 atom stereocenters. The van der Waals surface area contributed by atoms with Crippen molar-refractivity contribution in [3.05, 3.63) is 35.6 Å². The van der Waals surface area contributed by atoms with Gasteiger partial charge in [-0.2, -0.15) is 11.8 Å². The molecule has 1 unspecified atom stereocenters. The van der Waals surface area contributed by atoms with E-state index in [2.05, 4.69) is 6.07 Å². The van der Waals surface area contributed by atoms with Crippen LogP contribution in [0.5, 0.6) is 0 Å². The zero-order valence-corrected chi connectivity index (χ0v) is 16.2. The highest BCUT2D eigenvalue weighted by Crippen LogP contribution is 2.35. The van der Waals surface area contributed by atoms with Crippen LogP contribution in [-0.4, -0.2) is 41.9 Å². The van der Waals surface area contributed by atoms with E-state index in [9.17, 15) is 4.79 Å². The van der Waals surface area contributed by atoms with E-state index in [1.54, 1.807) is 0 Å². The van der Waals surface area contributed by atoms with Crippen molar-refractivity contribution in [2.24, 2.45) is 0 Å². The van der Waals surface area contributed by atoms with Gasteiger partial charge in [-0.25, -0.2) is 0 Å². The standard InChI is InChI=1S/C21H27NO3S/c1-15-13-22(11-12-24-15)21(23)20-18(14-26-16-7-3-2-4-8-16)17-9-5-6-10-19(17)25-20/h5-6,9-10,15-16H,2-4,7-8,11-14H2,1H3. The Balaban J connectivity index is 1.59. The fourth-order valence-corrected chi connectivity index (χ4v) is 5.35. The summed E-state index contributed by atoms with van der Waals surface area (Å²) in [4.78, 5) is 15.0. The van der Waals surface area contributed by atoms with Gasteiger partial charge >= 0.3 is 0 Å². The Hall–Kier alpha value is -1.46. The summed E-state index contributed by atoms with van der Waals surface area (Å²) in [6.07, 6.45) is 6.71. The van der Waals surface area contributed by atoms with Crippen LogP contribution in [-0.2, 0) is 10.5 Å². The number of morpholine rings is 1. The highest BCUT2D eigenvalue weighted by molar-refractivity contribution is 7.99. The molecular formula is C21H27NO3S. The number of ether oxygens (including phenoxy) is 1. The number of rotatable bonds is 4. The zero-order chi connectivity index (χ0) is 17.9. The number of thioether (sulfide) groups is 1. The van der Waals surface area contributed by atoms with Crippen LogP contribution in [0.2, 0.25) is 0 Å². The number of furan rings is 1. The van der Waals surface area contributed by atoms with Crippen LogP contribution in [0.3, 0.4) is 0 Å². The highest BCUT2D eigenvalue weighted by atomic mass is 32.2. The van der Waals surface area contributed by atoms with Crippen molar-refractivity contribution in [3.63, 3.8) is 0 Å². The van der Waals surface area contributed by atoms with Crippen LogP contribution in [0.1, 0.15) is 55.1 Å². The fourth-order valence-electron chi connectivity index (χ4n) is 3.99. The quantitative estimate of drug-likeness (QED) is 0.768. The molecular weight excluding hydrogens is 346 g/mol. The van der Waals surface area contributed by atoms with Gasteiger partial charge in [-0.05, 0) is 25.8 Å². The first-order valence-corrected chi connectivity index (χ1v) is 10.8. The minimum atomic E-state index is 0.00981. The number of carbonyl (C=O) groups is 1. The molecule has 140 valence electrons. The van der Waals surface area contributed by atoms with E-state index >= 15 is 0 Å². The van der Waals surface area contributed by atoms with Crippen LogP contribution in [0, 0.1) is 0 Å². The zero-order valence-electron chi connectivity index (χ0n) is 15.4. The molecule has 5 heteroatoms. The molecule has 26 heavy (non-hydrogen) atoms. The van der Waals surface area contributed by atoms with E-state index in [4.69, 9.17) is 9.15 Å². The second-order valence-corrected chi connectivity index (χ2v) is 8.70. The summed E-state index contributed by atoms with van der Waals surface area (Å²) in [7, 11) is 0. The van der Waals surface area contributed by atoms with Crippen molar-refractivity contribution in [3.8, 4) is 0 Å². The molecule has 1 amide bonds. The van der Waals surface area contributed by atoms with Gasteiger partial charge in [-0.15, -0.1) is 0 Å². The van der Waals surface area contributed by atoms with Gasteiger partial charge in [-0.3, -0.25) is 4.79 Å². The lowest BCUT2D eigenvalue weighted by molar-refractivity contribution is -0.0134. The van der Waals surface area contributed by atoms with Crippen molar-refractivity contribution in [1.29, 1.82) is 0 Å². The number of amides is 1. The Labute approximate surface area is 159 Å². The summed E-state index contributed by atoms with van der Waals surface area (Å²) in [5.41, 5.74) is 1.89. The molecule has 2 aliphatic rings. The van der Waals surface area contributed by atoms with E-state index in [0.29, 0.717) is 30.7 Å². The monoisotopic (exact) mass is 373 g/mol. The van der Waals surface area contributed by atoms with E-state index in [-0.39, 0.29) is 12.0 Å². The van der Waals surface area contributed by atoms with Crippen molar-refractivity contribution in [2.75, 3.05) is 19.7 Å². The van der Waals surface area contributed by atoms with E-state index in [1.165, 1.54) is 32.1 Å². The first-order chi connectivity index (χ1) is 12.7. The molecule has 0 N–H and O–H groups in total. The maximum atomic E-state index is 13.2. The lowest BCUT2D eigenvalue weighted by atomic mass is 10.0. The summed E-state index contributed by atoms with van der Waals surface area (Å²) in [6.45, 7) is 3.87. The van der Waals surface area contributed by atoms with Crippen LogP contribution in [0.4, 0.5) is 0 Å². The topological polar surface area (TPSA) is 42.7 Å². The molecule has 2 heterocycles. The maximum absolute atomic E-state index is 13.2. The Kier molecular flexibility index (Phi) is 5.55. The largest absolute Gasteiger partial charge is 0.451 e. The highest BCUT2D eigenvalue weighted by Gasteiger charge is 2.28. The molecule has 1 aliphatic carbocycles. The van der Waals surface area contributed by atoms with Gasteiger partial charge in [0, 0.05) is 35.0 Å². The first kappa shape index (κ1) is 17.9. The van der Waals surface area contributed by atoms with Crippen molar-refractivity contribution < 1.29 is 13.9 Å². The van der Waals surface area contributed by atoms with Gasteiger partial charge in [0.25, 0.3) is 5.91 Å². The number of fused-ring (bicyclic) bond motifs is 1. The van der Waals surface area contributed by atoms with Crippen LogP contribution in [0.15, 0.2) is 28.7 Å². The van der Waals surface area contributed by atoms with Crippen LogP contribution in [0.25, 0.3) is 11.0 Å². The van der Waals surface area contributed by atoms with Gasteiger partial charge in [0.05, 0.1) is 12.7 Å². The SMILES string of the molecule is CC1CN(C(=O)c2oc3ccccc3c2CSC2CCCCC2)CCO1. The average molecular weight is 374 g/mol. The minimum Gasteiger partial charge on any atom is -0.451 e. The second-order valence-electron chi connectivity index (χ2n) is 7.41. The fraction of sp³-hybridized carbons (Fsp3) is 0.571. The average Bonchev–Trinajstić information content (AvgIpc) is 3.05. The molecule has 4 nitrogen and oxygen atoms in total. The van der Waals surface area contributed by atoms with Crippen molar-refractivity contribution in [2.45, 2.75) is 56.1 Å². The summed E-state index contributed by atoms with van der Waals surface area (Å²) in [5, 5.41) is 1.80. The molecule has 0 radical (unpaired) electrons. The molecule has 0 spiro atoms. The summed E-state index contributed by atoms with van der Waals surface area (Å²) in [5.74, 6) is 1.39. The summed E-state index contributed by atoms with van der Waals surface area (Å²) < 4.78 is 11.6. The molecule has 2 aromatic rings. The van der Waals surface area contributed by atoms with Gasteiger partial charge in [0.15, 0.2) is 5.76 Å². The lowest BCUT2D eigenvalue weighted by Crippen LogP contribution is -2.44. The van der Waals surface area contributed by atoms with E-state index in [0.717, 1.165) is 22.3 Å². The molecule has 1 aliphatic heterocycles. The first-order valence-electron chi connectivity index (χ1n) is 9.75.